The quantitative estimate of drug-likeness (QED) is 0.0285. The van der Waals surface area contributed by atoms with E-state index in [1.165, 1.54) is 12.1 Å². The topological polar surface area (TPSA) is 254 Å². The number of aldehydes is 1. The number of carbonyl (C=O) groups excluding carboxylic acids is 2. The molecule has 306 valence electrons. The van der Waals surface area contributed by atoms with E-state index in [0.29, 0.717) is 51.5 Å². The van der Waals surface area contributed by atoms with Gasteiger partial charge in [-0.2, -0.15) is 13.2 Å². The predicted octanol–water partition coefficient (Wildman–Crippen LogP) is 1.79. The number of amides is 1. The maximum absolute atomic E-state index is 13.5. The second-order valence-electron chi connectivity index (χ2n) is 12.1. The molecule has 2 aromatic rings. The fourth-order valence-electron chi connectivity index (χ4n) is 4.62. The Morgan fingerprint density at radius 1 is 0.981 bits per heavy atom. The summed E-state index contributed by atoms with van der Waals surface area (Å²) < 4.78 is 56.9. The van der Waals surface area contributed by atoms with Crippen LogP contribution in [-0.4, -0.2) is 124 Å². The number of aliphatic hydroxyl groups excluding tert-OH is 1. The number of nitrogens with one attached hydrogen (secondary N) is 3. The molecule has 0 radical (unpaired) electrons. The standard InChI is InChI=1S/C33H51F3N5O8P.C2H5NO/c1-23(24-7-6-8-25(19-24)31(44)45)41-21-27(42)22-50(46)18-5-3-4-11-40-30(43)28-10-9-26(32(37,38)33(34,35)36)20-29(28)49-17-16-48-15-14-47-13-12-39-2;3-1-2-4/h6-10,19-20,23,27,39,41-42,46H,3-5,11-18,21-22,37-38H2,1-2H3,(H,40,43)(H,44,45);2H,1,3H2. The lowest BCUT2D eigenvalue weighted by atomic mass is 9.98. The number of ether oxygens (including phenoxy) is 3. The summed E-state index contributed by atoms with van der Waals surface area (Å²) in [5.41, 5.74) is 12.8. The van der Waals surface area contributed by atoms with E-state index < -0.39 is 43.5 Å². The van der Waals surface area contributed by atoms with E-state index in [0.717, 1.165) is 17.7 Å². The molecule has 2 rings (SSSR count). The second kappa shape index (κ2) is 26.5. The van der Waals surface area contributed by atoms with Crippen molar-refractivity contribution < 1.29 is 56.9 Å². The Morgan fingerprint density at radius 3 is 2.28 bits per heavy atom. The second-order valence-corrected chi connectivity index (χ2v) is 13.9. The molecule has 3 atom stereocenters. The number of nitrogens with two attached hydrogens (primary N) is 3. The first kappa shape index (κ1) is 48.7. The molecule has 0 heterocycles. The number of aromatic carboxylic acids is 1. The van der Waals surface area contributed by atoms with Crippen LogP contribution in [0.4, 0.5) is 13.2 Å². The molecule has 0 saturated heterocycles. The lowest BCUT2D eigenvalue weighted by Gasteiger charge is -2.28. The largest absolute Gasteiger partial charge is 0.490 e. The number of aliphatic hydroxyl groups is 1. The molecule has 0 aliphatic rings. The highest BCUT2D eigenvalue weighted by atomic mass is 31.1. The number of likely N-dealkylation sites (N-methyl/N-ethyl adjacent to an activating group) is 1. The normalized spacial score (nSPS) is 13.3. The van der Waals surface area contributed by atoms with E-state index in [1.54, 1.807) is 25.2 Å². The van der Waals surface area contributed by atoms with Gasteiger partial charge in [0.25, 0.3) is 5.91 Å². The first-order valence-corrected chi connectivity index (χ1v) is 19.1. The molecule has 1 amide bonds. The molecular weight excluding hydrogens is 736 g/mol. The molecule has 2 aromatic carbocycles. The summed E-state index contributed by atoms with van der Waals surface area (Å²) in [5.74, 6) is -1.70. The van der Waals surface area contributed by atoms with Gasteiger partial charge in [-0.15, -0.1) is 0 Å². The Kier molecular flexibility index (Phi) is 23.9. The van der Waals surface area contributed by atoms with E-state index in [1.807, 2.05) is 6.92 Å². The number of unbranched alkanes of at least 4 members (excludes halogenated alkanes) is 2. The van der Waals surface area contributed by atoms with Crippen LogP contribution < -0.4 is 37.9 Å². The predicted molar refractivity (Wildman–Crippen MR) is 200 cm³/mol. The van der Waals surface area contributed by atoms with Gasteiger partial charge < -0.3 is 67.3 Å². The van der Waals surface area contributed by atoms with Gasteiger partial charge in [0, 0.05) is 46.5 Å². The minimum absolute atomic E-state index is 0.00695. The van der Waals surface area contributed by atoms with Crippen molar-refractivity contribution in [2.45, 2.75) is 50.2 Å². The van der Waals surface area contributed by atoms with Crippen LogP contribution in [-0.2, 0) is 19.9 Å². The van der Waals surface area contributed by atoms with Gasteiger partial charge in [0.05, 0.1) is 43.7 Å². The van der Waals surface area contributed by atoms with Gasteiger partial charge in [-0.3, -0.25) is 4.79 Å². The Hall–Kier alpha value is -3.29. The zero-order valence-electron chi connectivity index (χ0n) is 30.8. The van der Waals surface area contributed by atoms with Crippen molar-refractivity contribution >= 4 is 26.3 Å². The Labute approximate surface area is 315 Å². The summed E-state index contributed by atoms with van der Waals surface area (Å²) in [5, 5.41) is 28.4. The van der Waals surface area contributed by atoms with Crippen molar-refractivity contribution in [1.82, 2.24) is 16.0 Å². The molecule has 12 N–H and O–H groups in total. The zero-order chi connectivity index (χ0) is 40.6. The van der Waals surface area contributed by atoms with Crippen LogP contribution in [0.3, 0.4) is 0 Å². The number of carboxylic acid groups (broad SMARTS) is 1. The Morgan fingerprint density at radius 2 is 1.65 bits per heavy atom. The van der Waals surface area contributed by atoms with Crippen molar-refractivity contribution in [3.05, 3.63) is 64.7 Å². The third-order valence-electron chi connectivity index (χ3n) is 7.72. The molecule has 0 saturated carbocycles. The smallest absolute Gasteiger partial charge is 0.423 e. The highest BCUT2D eigenvalue weighted by Gasteiger charge is 2.50. The van der Waals surface area contributed by atoms with Crippen LogP contribution in [0.1, 0.15) is 64.1 Å². The van der Waals surface area contributed by atoms with Crippen LogP contribution in [0.25, 0.3) is 0 Å². The van der Waals surface area contributed by atoms with Gasteiger partial charge in [0.1, 0.15) is 18.6 Å². The average molecular weight is 793 g/mol. The van der Waals surface area contributed by atoms with Gasteiger partial charge in [0.15, 0.2) is 5.66 Å². The first-order valence-electron chi connectivity index (χ1n) is 17.4. The lowest BCUT2D eigenvalue weighted by Crippen LogP contribution is -2.57. The van der Waals surface area contributed by atoms with Gasteiger partial charge >= 0.3 is 12.1 Å². The first-order chi connectivity index (χ1) is 25.6. The molecule has 0 bridgehead atoms. The Balaban J connectivity index is 0.00000346. The summed E-state index contributed by atoms with van der Waals surface area (Å²) >= 11 is 0. The molecule has 15 nitrogen and oxygen atoms in total. The minimum Gasteiger partial charge on any atom is -0.490 e. The van der Waals surface area contributed by atoms with Crippen LogP contribution in [0.5, 0.6) is 5.75 Å². The van der Waals surface area contributed by atoms with Crippen LogP contribution in [0.2, 0.25) is 0 Å². The summed E-state index contributed by atoms with van der Waals surface area (Å²) in [6.45, 7) is 4.38. The Bertz CT molecular complexity index is 1390. The number of hydrogen-bond donors (Lipinski definition) is 9. The maximum atomic E-state index is 13.5. The molecule has 0 spiro atoms. The molecular formula is C35H56F3N6O9P. The number of benzene rings is 2. The SMILES string of the molecule is CNCCOCCOCCOc1cc(C(N)(N)C(F)(F)F)ccc1C(=O)NCCCCCP(O)CC(O)CNC(C)c1cccc(C(=O)O)c1.NCC=O. The number of carboxylic acids is 1. The number of rotatable bonds is 26. The van der Waals surface area contributed by atoms with Crippen molar-refractivity contribution in [3.8, 4) is 5.75 Å². The van der Waals surface area contributed by atoms with Crippen LogP contribution in [0, 0.1) is 0 Å². The maximum Gasteiger partial charge on any atom is 0.423 e. The van der Waals surface area contributed by atoms with Crippen molar-refractivity contribution in [2.75, 3.05) is 78.6 Å². The van der Waals surface area contributed by atoms with Crippen LogP contribution in [0.15, 0.2) is 42.5 Å². The lowest BCUT2D eigenvalue weighted by molar-refractivity contribution is -0.188. The molecule has 0 fully saturated rings. The molecule has 0 aliphatic carbocycles. The highest BCUT2D eigenvalue weighted by Crippen LogP contribution is 2.35. The van der Waals surface area contributed by atoms with E-state index >= 15 is 0 Å². The fourth-order valence-corrected chi connectivity index (χ4v) is 6.01. The summed E-state index contributed by atoms with van der Waals surface area (Å²) in [6, 6.07) is 9.58. The number of carbonyl (C=O) groups is 3. The van der Waals surface area contributed by atoms with Crippen molar-refractivity contribution in [3.63, 3.8) is 0 Å². The van der Waals surface area contributed by atoms with E-state index in [4.69, 9.17) is 30.5 Å². The molecule has 0 aromatic heterocycles. The molecule has 54 heavy (non-hydrogen) atoms. The number of alkyl halides is 3. The summed E-state index contributed by atoms with van der Waals surface area (Å²) in [4.78, 5) is 43.7. The zero-order valence-corrected chi connectivity index (χ0v) is 31.7. The number of hydrogen-bond acceptors (Lipinski definition) is 13. The molecule has 0 aliphatic heterocycles. The number of halogens is 3. The fraction of sp³-hybridized carbons (Fsp3) is 0.571. The van der Waals surface area contributed by atoms with Gasteiger partial charge in [-0.05, 0) is 68.4 Å². The average Bonchev–Trinajstić information content (AvgIpc) is 3.13. The van der Waals surface area contributed by atoms with Gasteiger partial charge in [-0.25, -0.2) is 4.79 Å². The molecule has 19 heteroatoms. The minimum atomic E-state index is -4.95. The third-order valence-corrected chi connectivity index (χ3v) is 9.39. The molecule has 3 unspecified atom stereocenters. The van der Waals surface area contributed by atoms with Crippen molar-refractivity contribution in [1.29, 1.82) is 0 Å². The summed E-state index contributed by atoms with van der Waals surface area (Å²) in [7, 11) is 0.383. The van der Waals surface area contributed by atoms with Gasteiger partial charge in [0.2, 0.25) is 0 Å². The van der Waals surface area contributed by atoms with Crippen LogP contribution >= 0.6 is 8.15 Å². The highest BCUT2D eigenvalue weighted by molar-refractivity contribution is 7.51. The van der Waals surface area contributed by atoms with E-state index in [9.17, 15) is 37.9 Å². The third kappa shape index (κ3) is 18.8. The van der Waals surface area contributed by atoms with E-state index in [2.05, 4.69) is 21.7 Å². The van der Waals surface area contributed by atoms with E-state index in [-0.39, 0.29) is 68.5 Å². The van der Waals surface area contributed by atoms with Crippen molar-refractivity contribution in [2.24, 2.45) is 17.2 Å². The van der Waals surface area contributed by atoms with Gasteiger partial charge in [-0.1, -0.05) is 24.6 Å². The summed E-state index contributed by atoms with van der Waals surface area (Å²) in [6.07, 6.45) is -2.45. The monoisotopic (exact) mass is 792 g/mol.